The van der Waals surface area contributed by atoms with Crippen molar-refractivity contribution < 1.29 is 14.7 Å². The zero-order valence-corrected chi connectivity index (χ0v) is 14.5. The van der Waals surface area contributed by atoms with Crippen LogP contribution in [0.3, 0.4) is 0 Å². The molecule has 3 rings (SSSR count). The number of carbonyl (C=O) groups excluding carboxylic acids is 1. The van der Waals surface area contributed by atoms with Crippen LogP contribution in [0.4, 0.5) is 0 Å². The third-order valence-electron chi connectivity index (χ3n) is 3.98. The molecule has 0 bridgehead atoms. The van der Waals surface area contributed by atoms with Crippen LogP contribution in [-0.4, -0.2) is 33.3 Å². The minimum absolute atomic E-state index is 0.140. The molecule has 1 aromatic heterocycles. The average molecular weight is 363 g/mol. The smallest absolute Gasteiger partial charge is 0.322 e. The van der Waals surface area contributed by atoms with Gasteiger partial charge in [-0.15, -0.1) is 0 Å². The molecule has 1 heterocycles. The first-order chi connectivity index (χ1) is 13.0. The molecule has 0 atom stereocenters. The third-order valence-corrected chi connectivity index (χ3v) is 3.98. The topological polar surface area (TPSA) is 101 Å². The van der Waals surface area contributed by atoms with Gasteiger partial charge in [-0.05, 0) is 5.56 Å². The van der Waals surface area contributed by atoms with E-state index in [1.54, 1.807) is 24.3 Å². The molecule has 0 saturated carbocycles. The van der Waals surface area contributed by atoms with Crippen LogP contribution in [0.1, 0.15) is 10.4 Å². The Morgan fingerprint density at radius 2 is 1.56 bits per heavy atom. The van der Waals surface area contributed by atoms with Crippen LogP contribution in [0.5, 0.6) is 0 Å². The predicted molar refractivity (Wildman–Crippen MR) is 100 cm³/mol. The molecule has 1 amide bonds. The minimum Gasteiger partial charge on any atom is -0.480 e. The van der Waals surface area contributed by atoms with Crippen molar-refractivity contribution in [3.63, 3.8) is 0 Å². The van der Waals surface area contributed by atoms with Gasteiger partial charge in [0.2, 0.25) is 0 Å². The number of carboxylic acids is 1. The van der Waals surface area contributed by atoms with Gasteiger partial charge < -0.3 is 10.4 Å². The van der Waals surface area contributed by atoms with Crippen LogP contribution >= 0.6 is 0 Å². The van der Waals surface area contributed by atoms with Crippen LogP contribution in [-0.2, 0) is 11.8 Å². The Kier molecular flexibility index (Phi) is 5.12. The molecule has 0 spiro atoms. The van der Waals surface area contributed by atoms with E-state index < -0.39 is 24.0 Å². The first-order valence-electron chi connectivity index (χ1n) is 8.21. The number of hydrogen-bond acceptors (Lipinski definition) is 4. The molecule has 0 radical (unpaired) electrons. The van der Waals surface area contributed by atoms with Crippen molar-refractivity contribution in [3.8, 4) is 22.4 Å². The van der Waals surface area contributed by atoms with Crippen molar-refractivity contribution in [2.45, 2.75) is 0 Å². The van der Waals surface area contributed by atoms with Crippen LogP contribution in [0.25, 0.3) is 22.4 Å². The molecule has 7 heteroatoms. The van der Waals surface area contributed by atoms with Crippen LogP contribution < -0.4 is 10.9 Å². The SMILES string of the molecule is Cn1nc(-c2ccccc2)c(-c2ccccc2)c(C(=O)NCC(=O)O)c1=O. The molecule has 0 fully saturated rings. The highest BCUT2D eigenvalue weighted by molar-refractivity contribution is 6.04. The zero-order chi connectivity index (χ0) is 19.4. The van der Waals surface area contributed by atoms with Crippen LogP contribution in [0, 0.1) is 0 Å². The van der Waals surface area contributed by atoms with E-state index in [0.29, 0.717) is 16.8 Å². The Bertz CT molecular complexity index is 1040. The Labute approximate surface area is 154 Å². The molecule has 7 nitrogen and oxygen atoms in total. The second kappa shape index (κ2) is 7.65. The Balaban J connectivity index is 2.31. The summed E-state index contributed by atoms with van der Waals surface area (Å²) >= 11 is 0. The van der Waals surface area contributed by atoms with E-state index in [4.69, 9.17) is 5.11 Å². The van der Waals surface area contributed by atoms with Gasteiger partial charge in [-0.3, -0.25) is 14.4 Å². The third kappa shape index (κ3) is 3.77. The maximum absolute atomic E-state index is 12.7. The number of hydrogen-bond donors (Lipinski definition) is 2. The van der Waals surface area contributed by atoms with Crippen molar-refractivity contribution in [2.75, 3.05) is 6.54 Å². The maximum Gasteiger partial charge on any atom is 0.322 e. The molecule has 0 aliphatic carbocycles. The first kappa shape index (κ1) is 18.1. The van der Waals surface area contributed by atoms with E-state index >= 15 is 0 Å². The fourth-order valence-corrected chi connectivity index (χ4v) is 2.77. The van der Waals surface area contributed by atoms with Gasteiger partial charge in [0.1, 0.15) is 12.1 Å². The molecule has 0 aliphatic rings. The summed E-state index contributed by atoms with van der Waals surface area (Å²) in [5.74, 6) is -1.95. The van der Waals surface area contributed by atoms with Crippen LogP contribution in [0.15, 0.2) is 65.5 Å². The van der Waals surface area contributed by atoms with Crippen LogP contribution in [0.2, 0.25) is 0 Å². The van der Waals surface area contributed by atoms with Crippen molar-refractivity contribution in [1.82, 2.24) is 15.1 Å². The summed E-state index contributed by atoms with van der Waals surface area (Å²) in [5, 5.41) is 15.5. The number of nitrogens with zero attached hydrogens (tertiary/aromatic N) is 2. The van der Waals surface area contributed by atoms with Crippen molar-refractivity contribution in [3.05, 3.63) is 76.6 Å². The average Bonchev–Trinajstić information content (AvgIpc) is 2.69. The molecule has 3 aromatic rings. The number of carboxylic acid groups (broad SMARTS) is 1. The molecule has 0 aliphatic heterocycles. The maximum atomic E-state index is 12.7. The van der Waals surface area contributed by atoms with E-state index in [2.05, 4.69) is 10.4 Å². The molecular weight excluding hydrogens is 346 g/mol. The summed E-state index contributed by atoms with van der Waals surface area (Å²) < 4.78 is 1.09. The summed E-state index contributed by atoms with van der Waals surface area (Å²) in [4.78, 5) is 36.2. The van der Waals surface area contributed by atoms with Gasteiger partial charge in [0.15, 0.2) is 0 Å². The normalized spacial score (nSPS) is 10.4. The molecular formula is C20H17N3O4. The summed E-state index contributed by atoms with van der Waals surface area (Å²) in [6.07, 6.45) is 0. The summed E-state index contributed by atoms with van der Waals surface area (Å²) in [5.41, 5.74) is 1.47. The molecule has 2 aromatic carbocycles. The van der Waals surface area contributed by atoms with Gasteiger partial charge in [-0.25, -0.2) is 4.68 Å². The number of carbonyl (C=O) groups is 2. The molecule has 0 unspecified atom stereocenters. The number of amides is 1. The molecule has 136 valence electrons. The van der Waals surface area contributed by atoms with Gasteiger partial charge in [0.05, 0.1) is 5.69 Å². The van der Waals surface area contributed by atoms with E-state index in [-0.39, 0.29) is 5.56 Å². The molecule has 27 heavy (non-hydrogen) atoms. The van der Waals surface area contributed by atoms with E-state index in [9.17, 15) is 14.4 Å². The fourth-order valence-electron chi connectivity index (χ4n) is 2.77. The van der Waals surface area contributed by atoms with Gasteiger partial charge in [-0.2, -0.15) is 5.10 Å². The van der Waals surface area contributed by atoms with Gasteiger partial charge in [0, 0.05) is 18.2 Å². The van der Waals surface area contributed by atoms with Gasteiger partial charge in [-0.1, -0.05) is 60.7 Å². The lowest BCUT2D eigenvalue weighted by Gasteiger charge is -2.15. The fraction of sp³-hybridized carbons (Fsp3) is 0.100. The van der Waals surface area contributed by atoms with Gasteiger partial charge >= 0.3 is 5.97 Å². The molecule has 0 saturated heterocycles. The van der Waals surface area contributed by atoms with Crippen molar-refractivity contribution in [1.29, 1.82) is 0 Å². The highest BCUT2D eigenvalue weighted by Crippen LogP contribution is 2.31. The standard InChI is InChI=1S/C20H17N3O4/c1-23-20(27)17(19(26)21-12-15(24)25)16(13-8-4-2-5-9-13)18(22-23)14-10-6-3-7-11-14/h2-11H,12H2,1H3,(H,21,26)(H,24,25). The van der Waals surface area contributed by atoms with Crippen molar-refractivity contribution in [2.24, 2.45) is 7.05 Å². The Hall–Kier alpha value is -3.74. The highest BCUT2D eigenvalue weighted by atomic mass is 16.4. The lowest BCUT2D eigenvalue weighted by Crippen LogP contribution is -2.36. The number of aryl methyl sites for hydroxylation is 1. The first-order valence-corrected chi connectivity index (χ1v) is 8.21. The largest absolute Gasteiger partial charge is 0.480 e. The number of aliphatic carboxylic acids is 1. The number of benzene rings is 2. The van der Waals surface area contributed by atoms with E-state index in [1.807, 2.05) is 36.4 Å². The Morgan fingerprint density at radius 1 is 1.00 bits per heavy atom. The minimum atomic E-state index is -1.20. The molecule has 2 N–H and O–H groups in total. The number of aromatic nitrogens is 2. The second-order valence-corrected chi connectivity index (χ2v) is 5.84. The Morgan fingerprint density at radius 3 is 2.11 bits per heavy atom. The zero-order valence-electron chi connectivity index (χ0n) is 14.5. The number of rotatable bonds is 5. The number of nitrogens with one attached hydrogen (secondary N) is 1. The summed E-state index contributed by atoms with van der Waals surface area (Å²) in [7, 11) is 1.46. The lowest BCUT2D eigenvalue weighted by molar-refractivity contribution is -0.135. The van der Waals surface area contributed by atoms with Gasteiger partial charge in [0.25, 0.3) is 11.5 Å². The van der Waals surface area contributed by atoms with E-state index in [0.717, 1.165) is 10.2 Å². The van der Waals surface area contributed by atoms with Crippen molar-refractivity contribution >= 4 is 11.9 Å². The predicted octanol–water partition coefficient (Wildman–Crippen LogP) is 1.93. The van der Waals surface area contributed by atoms with E-state index in [1.165, 1.54) is 7.05 Å². The highest BCUT2D eigenvalue weighted by Gasteiger charge is 2.24. The monoisotopic (exact) mass is 363 g/mol. The lowest BCUT2D eigenvalue weighted by atomic mass is 9.95. The summed E-state index contributed by atoms with van der Waals surface area (Å²) in [6.45, 7) is -0.584. The second-order valence-electron chi connectivity index (χ2n) is 5.84. The quantitative estimate of drug-likeness (QED) is 0.721. The summed E-state index contributed by atoms with van der Waals surface area (Å²) in [6, 6.07) is 18.1.